The van der Waals surface area contributed by atoms with Crippen LogP contribution in [0.3, 0.4) is 0 Å². The zero-order valence-corrected chi connectivity index (χ0v) is 15.4. The fraction of sp³-hybridized carbons (Fsp3) is 0.450. The molecule has 7 nitrogen and oxygen atoms in total. The summed E-state index contributed by atoms with van der Waals surface area (Å²) in [5.41, 5.74) is 1.01. The van der Waals surface area contributed by atoms with E-state index in [4.69, 9.17) is 0 Å². The van der Waals surface area contributed by atoms with Crippen LogP contribution in [0, 0.1) is 6.92 Å². The van der Waals surface area contributed by atoms with Gasteiger partial charge in [0.15, 0.2) is 0 Å². The van der Waals surface area contributed by atoms with Crippen LogP contribution in [0.1, 0.15) is 65.2 Å². The summed E-state index contributed by atoms with van der Waals surface area (Å²) in [7, 11) is 0. The van der Waals surface area contributed by atoms with Gasteiger partial charge in [0, 0.05) is 29.2 Å². The van der Waals surface area contributed by atoms with Crippen molar-refractivity contribution in [1.82, 2.24) is 25.6 Å². The van der Waals surface area contributed by atoms with E-state index in [0.717, 1.165) is 44.2 Å². The van der Waals surface area contributed by atoms with Gasteiger partial charge in [0.1, 0.15) is 11.4 Å². The highest BCUT2D eigenvalue weighted by atomic mass is 16.2. The summed E-state index contributed by atoms with van der Waals surface area (Å²) in [5, 5.41) is 6.40. The number of pyridine rings is 1. The molecule has 2 aliphatic carbocycles. The average Bonchev–Trinajstić information content (AvgIpc) is 2.92. The normalized spacial score (nSPS) is 26.4. The van der Waals surface area contributed by atoms with Gasteiger partial charge < -0.3 is 10.6 Å². The zero-order chi connectivity index (χ0) is 18.9. The number of nitrogens with zero attached hydrogens (tertiary/aromatic N) is 3. The van der Waals surface area contributed by atoms with Crippen LogP contribution in [0.4, 0.5) is 0 Å². The van der Waals surface area contributed by atoms with Crippen molar-refractivity contribution < 1.29 is 9.59 Å². The van der Waals surface area contributed by atoms with Gasteiger partial charge in [-0.3, -0.25) is 14.6 Å². The number of aryl methyl sites for hydroxylation is 1. The van der Waals surface area contributed by atoms with Crippen LogP contribution >= 0.6 is 0 Å². The van der Waals surface area contributed by atoms with E-state index in [9.17, 15) is 9.59 Å². The number of aromatic nitrogens is 3. The average molecular weight is 365 g/mol. The molecule has 2 unspecified atom stereocenters. The van der Waals surface area contributed by atoms with Crippen LogP contribution in [-0.4, -0.2) is 37.8 Å². The van der Waals surface area contributed by atoms with Crippen molar-refractivity contribution >= 4 is 11.8 Å². The van der Waals surface area contributed by atoms with Crippen molar-refractivity contribution in [3.63, 3.8) is 0 Å². The number of rotatable bonds is 4. The molecular formula is C20H23N5O2. The summed E-state index contributed by atoms with van der Waals surface area (Å²) in [6, 6.07) is 5.45. The highest BCUT2D eigenvalue weighted by Gasteiger charge is 2.52. The molecule has 7 heteroatoms. The number of hydrogen-bond donors (Lipinski definition) is 2. The second-order valence-electron chi connectivity index (χ2n) is 7.75. The van der Waals surface area contributed by atoms with Gasteiger partial charge in [0.05, 0.1) is 6.20 Å². The van der Waals surface area contributed by atoms with E-state index >= 15 is 0 Å². The van der Waals surface area contributed by atoms with Gasteiger partial charge in [-0.25, -0.2) is 9.97 Å². The first kappa shape index (κ1) is 17.6. The minimum absolute atomic E-state index is 0.142. The van der Waals surface area contributed by atoms with Gasteiger partial charge in [0.25, 0.3) is 11.8 Å². The third-order valence-corrected chi connectivity index (χ3v) is 5.74. The quantitative estimate of drug-likeness (QED) is 0.866. The summed E-state index contributed by atoms with van der Waals surface area (Å²) >= 11 is 0. The summed E-state index contributed by atoms with van der Waals surface area (Å²) in [4.78, 5) is 37.7. The van der Waals surface area contributed by atoms with Crippen molar-refractivity contribution in [1.29, 1.82) is 0 Å². The molecule has 140 valence electrons. The number of amides is 2. The van der Waals surface area contributed by atoms with Crippen molar-refractivity contribution in [2.24, 2.45) is 0 Å². The third kappa shape index (κ3) is 3.54. The van der Waals surface area contributed by atoms with Crippen molar-refractivity contribution in [3.8, 4) is 0 Å². The van der Waals surface area contributed by atoms with Gasteiger partial charge >= 0.3 is 0 Å². The molecule has 2 atom stereocenters. The fourth-order valence-electron chi connectivity index (χ4n) is 4.53. The molecule has 27 heavy (non-hydrogen) atoms. The number of nitrogens with one attached hydrogen (secondary N) is 2. The molecule has 4 rings (SSSR count). The van der Waals surface area contributed by atoms with E-state index < -0.39 is 0 Å². The molecule has 0 saturated heterocycles. The zero-order valence-electron chi connectivity index (χ0n) is 15.4. The highest BCUT2D eigenvalue weighted by molar-refractivity contribution is 5.93. The van der Waals surface area contributed by atoms with Gasteiger partial charge in [-0.05, 0) is 57.6 Å². The largest absolute Gasteiger partial charge is 0.345 e. The Morgan fingerprint density at radius 1 is 0.963 bits per heavy atom. The highest BCUT2D eigenvalue weighted by Crippen LogP contribution is 2.48. The topological polar surface area (TPSA) is 96.9 Å². The van der Waals surface area contributed by atoms with Crippen LogP contribution < -0.4 is 10.6 Å². The van der Waals surface area contributed by atoms with E-state index in [-0.39, 0.29) is 22.9 Å². The second-order valence-corrected chi connectivity index (χ2v) is 7.75. The molecule has 2 amide bonds. The molecule has 0 spiro atoms. The number of hydrogen-bond acceptors (Lipinski definition) is 5. The molecule has 2 N–H and O–H groups in total. The molecular weight excluding hydrogens is 342 g/mol. The second kappa shape index (κ2) is 6.72. The third-order valence-electron chi connectivity index (χ3n) is 5.74. The van der Waals surface area contributed by atoms with E-state index in [1.807, 2.05) is 19.1 Å². The van der Waals surface area contributed by atoms with Crippen molar-refractivity contribution in [2.45, 2.75) is 56.5 Å². The van der Waals surface area contributed by atoms with Crippen LogP contribution in [0.15, 0.2) is 36.8 Å². The first-order valence-corrected chi connectivity index (χ1v) is 9.34. The summed E-state index contributed by atoms with van der Waals surface area (Å²) in [6.45, 7) is 1.87. The molecule has 2 saturated carbocycles. The fourth-order valence-corrected chi connectivity index (χ4v) is 4.53. The smallest absolute Gasteiger partial charge is 0.271 e. The molecule has 0 aromatic carbocycles. The molecule has 2 aliphatic rings. The van der Waals surface area contributed by atoms with Crippen LogP contribution in [0.5, 0.6) is 0 Å². The Balaban J connectivity index is 1.48. The number of fused-ring (bicyclic) bond motifs is 2. The predicted octanol–water partition coefficient (Wildman–Crippen LogP) is 2.19. The van der Waals surface area contributed by atoms with E-state index in [1.54, 1.807) is 12.3 Å². The Labute approximate surface area is 158 Å². The SMILES string of the molecule is Cc1cccc(C(=O)NC23CCCC(NC(=O)c4cnccn4)(CC2)C3)n1. The summed E-state index contributed by atoms with van der Waals surface area (Å²) in [6.07, 6.45) is 9.78. The predicted molar refractivity (Wildman–Crippen MR) is 99.1 cm³/mol. The summed E-state index contributed by atoms with van der Waals surface area (Å²) in [5.74, 6) is -0.343. The van der Waals surface area contributed by atoms with Crippen molar-refractivity contribution in [2.75, 3.05) is 0 Å². The lowest BCUT2D eigenvalue weighted by atomic mass is 9.78. The molecule has 2 bridgehead atoms. The molecule has 0 radical (unpaired) electrons. The van der Waals surface area contributed by atoms with Gasteiger partial charge in [0.2, 0.25) is 0 Å². The van der Waals surface area contributed by atoms with Gasteiger partial charge in [-0.1, -0.05) is 6.07 Å². The number of carbonyl (C=O) groups excluding carboxylic acids is 2. The molecule has 2 heterocycles. The molecule has 0 aliphatic heterocycles. The lowest BCUT2D eigenvalue weighted by molar-refractivity contribution is 0.0826. The van der Waals surface area contributed by atoms with E-state index in [1.165, 1.54) is 12.4 Å². The van der Waals surface area contributed by atoms with E-state index in [0.29, 0.717) is 11.4 Å². The maximum Gasteiger partial charge on any atom is 0.271 e. The molecule has 2 aromatic rings. The Kier molecular flexibility index (Phi) is 4.37. The minimum atomic E-state index is -0.292. The minimum Gasteiger partial charge on any atom is -0.345 e. The lowest BCUT2D eigenvalue weighted by Crippen LogP contribution is -2.55. The lowest BCUT2D eigenvalue weighted by Gasteiger charge is -2.40. The molecule has 2 fully saturated rings. The standard InChI is InChI=1S/C20H23N5O2/c1-14-4-2-5-15(23-14)17(26)24-19-6-3-7-20(13-19,9-8-19)25-18(27)16-12-21-10-11-22-16/h2,4-5,10-12H,3,6-9,13H2,1H3,(H,24,26)(H,25,27). The number of carbonyl (C=O) groups is 2. The maximum atomic E-state index is 12.7. The first-order valence-electron chi connectivity index (χ1n) is 9.34. The Bertz CT molecular complexity index is 872. The maximum absolute atomic E-state index is 12.7. The van der Waals surface area contributed by atoms with E-state index in [2.05, 4.69) is 25.6 Å². The van der Waals surface area contributed by atoms with Crippen LogP contribution in [-0.2, 0) is 0 Å². The van der Waals surface area contributed by atoms with Gasteiger partial charge in [-0.2, -0.15) is 0 Å². The monoisotopic (exact) mass is 365 g/mol. The Morgan fingerprint density at radius 3 is 2.30 bits per heavy atom. The van der Waals surface area contributed by atoms with Crippen LogP contribution in [0.2, 0.25) is 0 Å². The van der Waals surface area contributed by atoms with Gasteiger partial charge in [-0.15, -0.1) is 0 Å². The summed E-state index contributed by atoms with van der Waals surface area (Å²) < 4.78 is 0. The Morgan fingerprint density at radius 2 is 1.67 bits per heavy atom. The first-order chi connectivity index (χ1) is 13.0. The Hall–Kier alpha value is -2.83. The molecule has 2 aromatic heterocycles. The van der Waals surface area contributed by atoms with Crippen molar-refractivity contribution in [3.05, 3.63) is 53.9 Å². The van der Waals surface area contributed by atoms with Crippen LogP contribution in [0.25, 0.3) is 0 Å².